The Labute approximate surface area is 166 Å². The molecule has 2 aromatic heterocycles. The van der Waals surface area contributed by atoms with Crippen LogP contribution < -0.4 is 5.32 Å². The third-order valence-corrected chi connectivity index (χ3v) is 4.17. The lowest BCUT2D eigenvalue weighted by Crippen LogP contribution is -2.10. The van der Waals surface area contributed by atoms with Gasteiger partial charge >= 0.3 is 5.97 Å². The molecule has 0 amide bonds. The van der Waals surface area contributed by atoms with Crippen molar-refractivity contribution in [3.63, 3.8) is 0 Å². The Kier molecular flexibility index (Phi) is 6.94. The van der Waals surface area contributed by atoms with Gasteiger partial charge in [-0.15, -0.1) is 12.4 Å². The number of rotatable bonds is 5. The van der Waals surface area contributed by atoms with Gasteiger partial charge in [0, 0.05) is 27.4 Å². The highest BCUT2D eigenvalue weighted by Crippen LogP contribution is 2.29. The molecular weight excluding hydrogens is 418 g/mol. The normalized spacial score (nSPS) is 10.3. The number of hydrogen-bond acceptors (Lipinski definition) is 5. The van der Waals surface area contributed by atoms with Crippen molar-refractivity contribution in [3.8, 4) is 0 Å². The summed E-state index contributed by atoms with van der Waals surface area (Å²) in [5, 5.41) is 4.10. The molecule has 0 fully saturated rings. The van der Waals surface area contributed by atoms with Crippen LogP contribution in [-0.2, 0) is 4.74 Å². The zero-order chi connectivity index (χ0) is 17.8. The number of halogens is 2. The molecule has 5 nitrogen and oxygen atoms in total. The number of benzene rings is 1. The first-order chi connectivity index (χ1) is 12.1. The minimum atomic E-state index is -0.392. The monoisotopic (exact) mass is 435 g/mol. The summed E-state index contributed by atoms with van der Waals surface area (Å²) in [6, 6.07) is 11.5. The number of hydrogen-bond donors (Lipinski definition) is 1. The van der Waals surface area contributed by atoms with Gasteiger partial charge in [-0.05, 0) is 49.7 Å². The highest BCUT2D eigenvalue weighted by molar-refractivity contribution is 9.10. The number of fused-ring (bicyclic) bond motifs is 1. The van der Waals surface area contributed by atoms with Crippen LogP contribution in [0.4, 0.5) is 11.4 Å². The molecule has 0 unspecified atom stereocenters. The smallest absolute Gasteiger partial charge is 0.341 e. The Morgan fingerprint density at radius 3 is 2.62 bits per heavy atom. The fourth-order valence-corrected chi connectivity index (χ4v) is 2.68. The summed E-state index contributed by atoms with van der Waals surface area (Å²) in [4.78, 5) is 21.2. The zero-order valence-electron chi connectivity index (χ0n) is 14.5. The summed E-state index contributed by atoms with van der Waals surface area (Å²) >= 11 is 3.42. The molecule has 0 saturated heterocycles. The van der Waals surface area contributed by atoms with Crippen molar-refractivity contribution in [1.29, 1.82) is 0 Å². The minimum Gasteiger partial charge on any atom is -0.462 e. The quantitative estimate of drug-likeness (QED) is 0.540. The maximum atomic E-state index is 12.4. The summed E-state index contributed by atoms with van der Waals surface area (Å²) in [6.07, 6.45) is 2.29. The van der Waals surface area contributed by atoms with E-state index in [2.05, 4.69) is 31.2 Å². The maximum Gasteiger partial charge on any atom is 0.341 e. The highest BCUT2D eigenvalue weighted by atomic mass is 79.9. The molecule has 3 aromatic rings. The van der Waals surface area contributed by atoms with E-state index in [0.717, 1.165) is 27.7 Å². The predicted octanol–water partition coefficient (Wildman–Crippen LogP) is 5.43. The fourth-order valence-electron chi connectivity index (χ4n) is 2.41. The van der Waals surface area contributed by atoms with Crippen LogP contribution in [0.5, 0.6) is 0 Å². The van der Waals surface area contributed by atoms with Crippen LogP contribution in [0.1, 0.15) is 29.4 Å². The van der Waals surface area contributed by atoms with Crippen LogP contribution in [-0.4, -0.2) is 22.5 Å². The molecule has 0 radical (unpaired) electrons. The second-order valence-electron chi connectivity index (χ2n) is 5.64. The van der Waals surface area contributed by atoms with Crippen LogP contribution in [0.15, 0.2) is 47.1 Å². The molecule has 1 aromatic carbocycles. The predicted molar refractivity (Wildman–Crippen MR) is 110 cm³/mol. The SMILES string of the molecule is CCCOC(=O)c1cnc2nc(C)ccc2c1Nc1ccc(Br)cc1.Cl. The van der Waals surface area contributed by atoms with Crippen LogP contribution in [0.25, 0.3) is 11.0 Å². The van der Waals surface area contributed by atoms with Gasteiger partial charge in [0.1, 0.15) is 5.56 Å². The van der Waals surface area contributed by atoms with Crippen LogP contribution >= 0.6 is 28.3 Å². The van der Waals surface area contributed by atoms with E-state index in [1.807, 2.05) is 50.2 Å². The van der Waals surface area contributed by atoms with E-state index in [-0.39, 0.29) is 12.4 Å². The standard InChI is InChI=1S/C19H18BrN3O2.ClH/c1-3-10-25-19(24)16-11-21-18-15(9-4-12(2)22-18)17(16)23-14-7-5-13(20)6-8-14;/h4-9,11H,3,10H2,1-2H3,(H,21,22,23);1H. The molecule has 2 heterocycles. The molecule has 0 spiro atoms. The number of ether oxygens (including phenoxy) is 1. The molecule has 0 saturated carbocycles. The van der Waals surface area contributed by atoms with E-state index in [0.29, 0.717) is 23.5 Å². The largest absolute Gasteiger partial charge is 0.462 e. The number of aryl methyl sites for hydroxylation is 1. The van der Waals surface area contributed by atoms with Crippen molar-refractivity contribution in [3.05, 3.63) is 58.3 Å². The van der Waals surface area contributed by atoms with Crippen molar-refractivity contribution < 1.29 is 9.53 Å². The Balaban J connectivity index is 0.00000243. The Morgan fingerprint density at radius 2 is 1.92 bits per heavy atom. The maximum absolute atomic E-state index is 12.4. The van der Waals surface area contributed by atoms with E-state index in [1.54, 1.807) is 0 Å². The summed E-state index contributed by atoms with van der Waals surface area (Å²) in [7, 11) is 0. The van der Waals surface area contributed by atoms with Gasteiger partial charge in [0.05, 0.1) is 12.3 Å². The van der Waals surface area contributed by atoms with Gasteiger partial charge in [-0.3, -0.25) is 0 Å². The van der Waals surface area contributed by atoms with E-state index in [4.69, 9.17) is 4.74 Å². The van der Waals surface area contributed by atoms with Crippen molar-refractivity contribution in [2.75, 3.05) is 11.9 Å². The topological polar surface area (TPSA) is 64.1 Å². The van der Waals surface area contributed by atoms with Gasteiger partial charge in [0.25, 0.3) is 0 Å². The lowest BCUT2D eigenvalue weighted by atomic mass is 10.1. The van der Waals surface area contributed by atoms with Gasteiger partial charge in [-0.25, -0.2) is 14.8 Å². The molecule has 0 aliphatic carbocycles. The molecule has 0 bridgehead atoms. The number of carbonyl (C=O) groups excluding carboxylic acids is 1. The van der Waals surface area contributed by atoms with Crippen molar-refractivity contribution in [2.45, 2.75) is 20.3 Å². The molecule has 7 heteroatoms. The van der Waals surface area contributed by atoms with Gasteiger partial charge in [-0.1, -0.05) is 22.9 Å². The van der Waals surface area contributed by atoms with E-state index in [1.165, 1.54) is 6.20 Å². The first-order valence-corrected chi connectivity index (χ1v) is 8.84. The third-order valence-electron chi connectivity index (χ3n) is 3.64. The molecule has 3 rings (SSSR count). The Morgan fingerprint density at radius 1 is 1.19 bits per heavy atom. The van der Waals surface area contributed by atoms with Gasteiger partial charge in [0.2, 0.25) is 0 Å². The molecule has 136 valence electrons. The zero-order valence-corrected chi connectivity index (χ0v) is 16.9. The second kappa shape index (κ2) is 8.96. The molecular formula is C19H19BrClN3O2. The third kappa shape index (κ3) is 4.51. The summed E-state index contributed by atoms with van der Waals surface area (Å²) in [5.74, 6) is -0.392. The van der Waals surface area contributed by atoms with Crippen LogP contribution in [0.3, 0.4) is 0 Å². The van der Waals surface area contributed by atoms with Crippen molar-refractivity contribution >= 4 is 56.7 Å². The summed E-state index contributed by atoms with van der Waals surface area (Å²) < 4.78 is 6.28. The molecule has 26 heavy (non-hydrogen) atoms. The number of nitrogens with one attached hydrogen (secondary N) is 1. The average molecular weight is 437 g/mol. The molecule has 0 aliphatic heterocycles. The minimum absolute atomic E-state index is 0. The highest BCUT2D eigenvalue weighted by Gasteiger charge is 2.17. The number of esters is 1. The lowest BCUT2D eigenvalue weighted by Gasteiger charge is -2.14. The number of anilines is 2. The summed E-state index contributed by atoms with van der Waals surface area (Å²) in [5.41, 5.74) is 3.37. The van der Waals surface area contributed by atoms with Crippen molar-refractivity contribution in [1.82, 2.24) is 9.97 Å². The molecule has 1 N–H and O–H groups in total. The van der Waals surface area contributed by atoms with Gasteiger partial charge in [0.15, 0.2) is 5.65 Å². The first-order valence-electron chi connectivity index (χ1n) is 8.04. The van der Waals surface area contributed by atoms with Crippen LogP contribution in [0, 0.1) is 6.92 Å². The Hall–Kier alpha value is -2.18. The van der Waals surface area contributed by atoms with E-state index >= 15 is 0 Å². The first kappa shape index (κ1) is 20.1. The van der Waals surface area contributed by atoms with Gasteiger partial charge < -0.3 is 10.1 Å². The summed E-state index contributed by atoms with van der Waals surface area (Å²) in [6.45, 7) is 4.24. The number of nitrogens with zero attached hydrogens (tertiary/aromatic N) is 2. The van der Waals surface area contributed by atoms with E-state index in [9.17, 15) is 4.79 Å². The second-order valence-corrected chi connectivity index (χ2v) is 6.55. The average Bonchev–Trinajstić information content (AvgIpc) is 2.61. The number of pyridine rings is 2. The van der Waals surface area contributed by atoms with E-state index < -0.39 is 5.97 Å². The van der Waals surface area contributed by atoms with Crippen LogP contribution in [0.2, 0.25) is 0 Å². The number of carbonyl (C=O) groups is 1. The lowest BCUT2D eigenvalue weighted by molar-refractivity contribution is 0.0506. The van der Waals surface area contributed by atoms with Gasteiger partial charge in [-0.2, -0.15) is 0 Å². The molecule has 0 atom stereocenters. The fraction of sp³-hybridized carbons (Fsp3) is 0.211. The van der Waals surface area contributed by atoms with Crippen molar-refractivity contribution in [2.24, 2.45) is 0 Å². The number of aromatic nitrogens is 2. The Bertz CT molecular complexity index is 917. The molecule has 0 aliphatic rings.